The number of hydrogen-bond donors (Lipinski definition) is 2. The lowest BCUT2D eigenvalue weighted by Crippen LogP contribution is -2.32. The van der Waals surface area contributed by atoms with Gasteiger partial charge in [-0.05, 0) is 50.1 Å². The van der Waals surface area contributed by atoms with Crippen LogP contribution < -0.4 is 10.0 Å². The van der Waals surface area contributed by atoms with Crippen LogP contribution in [0.1, 0.15) is 54.2 Å². The molecule has 0 spiro atoms. The number of carbonyl (C=O) groups excluding carboxylic acids is 2. The molecule has 0 aromatic heterocycles. The molecule has 2 N–H and O–H groups in total. The number of methoxy groups -OCH3 is 1. The molecule has 30 heavy (non-hydrogen) atoms. The molecule has 0 saturated carbocycles. The molecule has 0 saturated heterocycles. The number of sulfonamides is 1. The Morgan fingerprint density at radius 3 is 2.17 bits per heavy atom. The summed E-state index contributed by atoms with van der Waals surface area (Å²) < 4.78 is 32.0. The number of amides is 1. The molecule has 0 heterocycles. The van der Waals surface area contributed by atoms with E-state index in [-0.39, 0.29) is 17.4 Å². The summed E-state index contributed by atoms with van der Waals surface area (Å²) in [6, 6.07) is 12.4. The lowest BCUT2D eigenvalue weighted by molar-refractivity contribution is -0.141. The van der Waals surface area contributed by atoms with Gasteiger partial charge in [-0.3, -0.25) is 9.59 Å². The van der Waals surface area contributed by atoms with Crippen molar-refractivity contribution in [1.29, 1.82) is 0 Å². The number of benzene rings is 2. The minimum Gasteiger partial charge on any atom is -0.469 e. The summed E-state index contributed by atoms with van der Waals surface area (Å²) in [5, 5.41) is 2.83. The van der Waals surface area contributed by atoms with Gasteiger partial charge in [-0.2, -0.15) is 0 Å². The van der Waals surface area contributed by atoms with Gasteiger partial charge in [0.2, 0.25) is 10.0 Å². The maximum Gasteiger partial charge on any atom is 0.307 e. The minimum atomic E-state index is -3.65. The van der Waals surface area contributed by atoms with Crippen LogP contribution >= 0.6 is 0 Å². The smallest absolute Gasteiger partial charge is 0.307 e. The van der Waals surface area contributed by atoms with Crippen molar-refractivity contribution in [2.75, 3.05) is 7.11 Å². The number of nitrogens with one attached hydrogen (secondary N) is 2. The van der Waals surface area contributed by atoms with E-state index in [0.717, 1.165) is 11.1 Å². The number of ether oxygens (including phenoxy) is 1. The summed E-state index contributed by atoms with van der Waals surface area (Å²) in [5.74, 6) is -0.859. The van der Waals surface area contributed by atoms with Gasteiger partial charge in [0.05, 0.1) is 24.5 Å². The summed E-state index contributed by atoms with van der Waals surface area (Å²) in [7, 11) is -2.35. The van der Waals surface area contributed by atoms with E-state index < -0.39 is 27.9 Å². The monoisotopic (exact) mass is 432 g/mol. The summed E-state index contributed by atoms with van der Waals surface area (Å²) >= 11 is 0. The number of aryl methyl sites for hydroxylation is 1. The third-order valence-corrected chi connectivity index (χ3v) is 6.38. The number of carbonyl (C=O) groups is 2. The van der Waals surface area contributed by atoms with Crippen molar-refractivity contribution in [2.24, 2.45) is 0 Å². The molecule has 2 aromatic rings. The second-order valence-electron chi connectivity index (χ2n) is 7.17. The van der Waals surface area contributed by atoms with Crippen LogP contribution in [0.4, 0.5) is 0 Å². The van der Waals surface area contributed by atoms with E-state index in [1.807, 2.05) is 38.1 Å². The minimum absolute atomic E-state index is 0.0173. The van der Waals surface area contributed by atoms with Crippen molar-refractivity contribution in [3.8, 4) is 0 Å². The Bertz CT molecular complexity index is 970. The van der Waals surface area contributed by atoms with Crippen LogP contribution in [0.2, 0.25) is 0 Å². The van der Waals surface area contributed by atoms with Crippen molar-refractivity contribution >= 4 is 21.9 Å². The summed E-state index contributed by atoms with van der Waals surface area (Å²) in [4.78, 5) is 24.6. The molecule has 162 valence electrons. The van der Waals surface area contributed by atoms with Gasteiger partial charge >= 0.3 is 5.97 Å². The molecule has 0 fully saturated rings. The molecular formula is C22H28N2O5S. The molecule has 0 aliphatic carbocycles. The Balaban J connectivity index is 2.19. The molecule has 0 radical (unpaired) electrons. The Kier molecular flexibility index (Phi) is 8.14. The van der Waals surface area contributed by atoms with E-state index in [0.29, 0.717) is 12.0 Å². The van der Waals surface area contributed by atoms with Crippen molar-refractivity contribution in [1.82, 2.24) is 10.0 Å². The zero-order valence-electron chi connectivity index (χ0n) is 17.6. The molecule has 2 unspecified atom stereocenters. The van der Waals surface area contributed by atoms with Crippen LogP contribution in [0.3, 0.4) is 0 Å². The fourth-order valence-corrected chi connectivity index (χ4v) is 4.07. The van der Waals surface area contributed by atoms with Gasteiger partial charge in [0.15, 0.2) is 0 Å². The van der Waals surface area contributed by atoms with E-state index in [1.165, 1.54) is 31.4 Å². The van der Waals surface area contributed by atoms with E-state index >= 15 is 0 Å². The molecular weight excluding hydrogens is 404 g/mol. The molecule has 8 heteroatoms. The molecule has 1 amide bonds. The van der Waals surface area contributed by atoms with Gasteiger partial charge in [-0.15, -0.1) is 0 Å². The van der Waals surface area contributed by atoms with Gasteiger partial charge < -0.3 is 10.1 Å². The Morgan fingerprint density at radius 1 is 1.03 bits per heavy atom. The van der Waals surface area contributed by atoms with Crippen LogP contribution in [0.15, 0.2) is 53.4 Å². The first kappa shape index (κ1) is 23.6. The fourth-order valence-electron chi connectivity index (χ4n) is 2.74. The Labute approximate surface area is 177 Å². The largest absolute Gasteiger partial charge is 0.469 e. The van der Waals surface area contributed by atoms with Crippen LogP contribution in [-0.2, 0) is 19.6 Å². The van der Waals surface area contributed by atoms with E-state index in [2.05, 4.69) is 10.0 Å². The van der Waals surface area contributed by atoms with Crippen LogP contribution in [0.25, 0.3) is 0 Å². The predicted molar refractivity (Wildman–Crippen MR) is 115 cm³/mol. The highest BCUT2D eigenvalue weighted by atomic mass is 32.2. The second-order valence-corrected chi connectivity index (χ2v) is 8.89. The predicted octanol–water partition coefficient (Wildman–Crippen LogP) is 3.11. The zero-order valence-corrected chi connectivity index (χ0v) is 18.5. The van der Waals surface area contributed by atoms with Gasteiger partial charge in [-0.25, -0.2) is 13.1 Å². The fraction of sp³-hybridized carbons (Fsp3) is 0.364. The molecule has 2 aromatic carbocycles. The lowest BCUT2D eigenvalue weighted by atomic mass is 10.0. The van der Waals surface area contributed by atoms with Crippen molar-refractivity contribution in [3.05, 3.63) is 65.2 Å². The number of esters is 1. The molecule has 0 aliphatic rings. The maximum atomic E-state index is 12.7. The first-order valence-corrected chi connectivity index (χ1v) is 11.2. The third kappa shape index (κ3) is 6.40. The standard InChI is InChI=1S/C22H28N2O5S/c1-5-16(3)24-30(27,28)19-12-10-18(11-13-19)22(26)23-20(14-21(25)29-4)17-8-6-15(2)7-9-17/h6-13,16,20,24H,5,14H2,1-4H3,(H,23,26). The van der Waals surface area contributed by atoms with E-state index in [4.69, 9.17) is 4.74 Å². The van der Waals surface area contributed by atoms with E-state index in [1.54, 1.807) is 6.92 Å². The molecule has 2 rings (SSSR count). The lowest BCUT2D eigenvalue weighted by Gasteiger charge is -2.19. The van der Waals surface area contributed by atoms with Gasteiger partial charge in [0.1, 0.15) is 0 Å². The Morgan fingerprint density at radius 2 is 1.63 bits per heavy atom. The molecule has 0 bridgehead atoms. The highest BCUT2D eigenvalue weighted by molar-refractivity contribution is 7.89. The molecule has 2 atom stereocenters. The second kappa shape index (κ2) is 10.4. The molecule has 7 nitrogen and oxygen atoms in total. The van der Waals surface area contributed by atoms with Crippen LogP contribution in [0.5, 0.6) is 0 Å². The van der Waals surface area contributed by atoms with Gasteiger partial charge in [0, 0.05) is 11.6 Å². The summed E-state index contributed by atoms with van der Waals surface area (Å²) in [5.41, 5.74) is 2.13. The molecule has 0 aliphatic heterocycles. The van der Waals surface area contributed by atoms with E-state index in [9.17, 15) is 18.0 Å². The zero-order chi connectivity index (χ0) is 22.3. The normalized spacial score (nSPS) is 13.3. The summed E-state index contributed by atoms with van der Waals surface area (Å²) in [6.45, 7) is 5.62. The first-order valence-electron chi connectivity index (χ1n) is 9.73. The quantitative estimate of drug-likeness (QED) is 0.593. The first-order chi connectivity index (χ1) is 14.2. The number of hydrogen-bond acceptors (Lipinski definition) is 5. The van der Waals surface area contributed by atoms with Crippen LogP contribution in [-0.4, -0.2) is 33.4 Å². The van der Waals surface area contributed by atoms with Crippen molar-refractivity contribution in [2.45, 2.75) is 50.6 Å². The highest BCUT2D eigenvalue weighted by Gasteiger charge is 2.21. The Hall–Kier alpha value is -2.71. The maximum absolute atomic E-state index is 12.7. The average Bonchev–Trinajstić information content (AvgIpc) is 2.73. The number of rotatable bonds is 9. The topological polar surface area (TPSA) is 102 Å². The van der Waals surface area contributed by atoms with Gasteiger partial charge in [0.25, 0.3) is 5.91 Å². The SMILES string of the molecule is CCC(C)NS(=O)(=O)c1ccc(C(=O)NC(CC(=O)OC)c2ccc(C)cc2)cc1. The summed E-state index contributed by atoms with van der Waals surface area (Å²) in [6.07, 6.45) is 0.650. The average molecular weight is 433 g/mol. The van der Waals surface area contributed by atoms with Crippen LogP contribution in [0, 0.1) is 6.92 Å². The van der Waals surface area contributed by atoms with Gasteiger partial charge in [-0.1, -0.05) is 36.8 Å². The van der Waals surface area contributed by atoms with Crippen molar-refractivity contribution in [3.63, 3.8) is 0 Å². The highest BCUT2D eigenvalue weighted by Crippen LogP contribution is 2.20. The van der Waals surface area contributed by atoms with Crippen molar-refractivity contribution < 1.29 is 22.7 Å². The third-order valence-electron chi connectivity index (χ3n) is 4.78.